The summed E-state index contributed by atoms with van der Waals surface area (Å²) in [5, 5.41) is 11.7. The van der Waals surface area contributed by atoms with E-state index in [2.05, 4.69) is 53.7 Å². The second-order valence-electron chi connectivity index (χ2n) is 10.2. The van der Waals surface area contributed by atoms with Crippen LogP contribution in [-0.2, 0) is 10.5 Å². The molecule has 2 N–H and O–H groups in total. The molecule has 39 heavy (non-hydrogen) atoms. The van der Waals surface area contributed by atoms with Crippen LogP contribution in [0.5, 0.6) is 0 Å². The number of amides is 1. The molecule has 1 amide bonds. The van der Waals surface area contributed by atoms with Crippen LogP contribution in [0, 0.1) is 19.7 Å². The minimum atomic E-state index is -0.483. The summed E-state index contributed by atoms with van der Waals surface area (Å²) >= 11 is 1.36. The Kier molecular flexibility index (Phi) is 7.57. The topological polar surface area (TPSA) is 71.8 Å². The first kappa shape index (κ1) is 26.7. The predicted molar refractivity (Wildman–Crippen MR) is 156 cm³/mol. The molecule has 2 heterocycles. The minimum Gasteiger partial charge on any atom is -0.328 e. The van der Waals surface area contributed by atoms with Gasteiger partial charge in [0.2, 0.25) is 11.1 Å². The molecule has 0 bridgehead atoms. The standard InChI is InChI=1S/C31H32FN5OS/c1-18(2)22-11-13-23(14-12-22)28-27(29(38)34-26-15-10-19(3)16-20(26)4)21(5)33-30-35-31(36-37(28)30)39-17-24-8-6-7-9-25(24)32/h6-16,18,28H,17H2,1-5H3,(H,34,38)(H,33,35,36). The lowest BCUT2D eigenvalue weighted by atomic mass is 9.92. The fourth-order valence-electron chi connectivity index (χ4n) is 4.76. The van der Waals surface area contributed by atoms with Gasteiger partial charge in [-0.1, -0.05) is 85.8 Å². The summed E-state index contributed by atoms with van der Waals surface area (Å²) in [4.78, 5) is 18.5. The largest absolute Gasteiger partial charge is 0.328 e. The SMILES string of the molecule is CC1=C(C(=O)Nc2ccc(C)cc2C)C(c2ccc(C(C)C)cc2)n2nc(SCc3ccccc3F)nc2N1. The van der Waals surface area contributed by atoms with Crippen LogP contribution < -0.4 is 10.6 Å². The van der Waals surface area contributed by atoms with Gasteiger partial charge < -0.3 is 10.6 Å². The van der Waals surface area contributed by atoms with E-state index in [0.29, 0.717) is 39.6 Å². The maximum atomic E-state index is 14.2. The van der Waals surface area contributed by atoms with Crippen molar-refractivity contribution < 1.29 is 9.18 Å². The van der Waals surface area contributed by atoms with Crippen molar-refractivity contribution in [1.82, 2.24) is 14.8 Å². The highest BCUT2D eigenvalue weighted by atomic mass is 32.2. The molecular weight excluding hydrogens is 509 g/mol. The van der Waals surface area contributed by atoms with Gasteiger partial charge in [0.1, 0.15) is 11.9 Å². The summed E-state index contributed by atoms with van der Waals surface area (Å²) in [5.74, 6) is 0.880. The van der Waals surface area contributed by atoms with Gasteiger partial charge in [0.25, 0.3) is 5.91 Å². The molecule has 1 aliphatic heterocycles. The quantitative estimate of drug-likeness (QED) is 0.239. The van der Waals surface area contributed by atoms with Crippen LogP contribution in [0.2, 0.25) is 0 Å². The zero-order valence-electron chi connectivity index (χ0n) is 22.7. The summed E-state index contributed by atoms with van der Waals surface area (Å²) in [6, 6.07) is 20.5. The van der Waals surface area contributed by atoms with Crippen molar-refractivity contribution in [2.45, 2.75) is 57.5 Å². The van der Waals surface area contributed by atoms with Crippen LogP contribution in [0.25, 0.3) is 0 Å². The average molecular weight is 542 g/mol. The van der Waals surface area contributed by atoms with Crippen molar-refractivity contribution in [2.75, 3.05) is 10.6 Å². The number of hydrogen-bond acceptors (Lipinski definition) is 5. The first-order valence-electron chi connectivity index (χ1n) is 13.0. The molecule has 4 aromatic rings. The number of benzene rings is 3. The van der Waals surface area contributed by atoms with Crippen molar-refractivity contribution in [3.8, 4) is 0 Å². The fraction of sp³-hybridized carbons (Fsp3) is 0.258. The minimum absolute atomic E-state index is 0.202. The zero-order valence-corrected chi connectivity index (χ0v) is 23.6. The molecule has 6 nitrogen and oxygen atoms in total. The second-order valence-corrected chi connectivity index (χ2v) is 11.1. The molecule has 8 heteroatoms. The molecule has 3 aromatic carbocycles. The number of carbonyl (C=O) groups excluding carboxylic acids is 1. The van der Waals surface area contributed by atoms with Gasteiger partial charge in [-0.15, -0.1) is 5.10 Å². The molecule has 200 valence electrons. The number of hydrogen-bond donors (Lipinski definition) is 2. The Morgan fingerprint density at radius 3 is 2.51 bits per heavy atom. The first-order valence-corrected chi connectivity index (χ1v) is 14.0. The van der Waals surface area contributed by atoms with E-state index in [0.717, 1.165) is 22.4 Å². The third kappa shape index (κ3) is 5.61. The van der Waals surface area contributed by atoms with Crippen LogP contribution in [-0.4, -0.2) is 20.7 Å². The number of rotatable bonds is 7. The van der Waals surface area contributed by atoms with Crippen molar-refractivity contribution in [3.05, 3.63) is 112 Å². The van der Waals surface area contributed by atoms with Crippen molar-refractivity contribution in [1.29, 1.82) is 0 Å². The van der Waals surface area contributed by atoms with Crippen LogP contribution in [0.15, 0.2) is 83.2 Å². The Balaban J connectivity index is 1.51. The lowest BCUT2D eigenvalue weighted by molar-refractivity contribution is -0.113. The van der Waals surface area contributed by atoms with Crippen LogP contribution in [0.1, 0.15) is 60.5 Å². The number of halogens is 1. The number of anilines is 2. The maximum Gasteiger partial charge on any atom is 0.255 e. The number of carbonyl (C=O) groups is 1. The van der Waals surface area contributed by atoms with Gasteiger partial charge >= 0.3 is 0 Å². The van der Waals surface area contributed by atoms with E-state index in [1.165, 1.54) is 23.4 Å². The summed E-state index contributed by atoms with van der Waals surface area (Å²) < 4.78 is 16.0. The summed E-state index contributed by atoms with van der Waals surface area (Å²) in [7, 11) is 0. The van der Waals surface area contributed by atoms with Gasteiger partial charge in [-0.05, 0) is 61.1 Å². The molecule has 0 saturated carbocycles. The third-order valence-corrected chi connectivity index (χ3v) is 7.83. The van der Waals surface area contributed by atoms with Crippen molar-refractivity contribution in [3.63, 3.8) is 0 Å². The summed E-state index contributed by atoms with van der Waals surface area (Å²) in [6.07, 6.45) is 0. The van der Waals surface area contributed by atoms with Gasteiger partial charge in [0.15, 0.2) is 0 Å². The highest BCUT2D eigenvalue weighted by Gasteiger charge is 2.34. The van der Waals surface area contributed by atoms with Gasteiger partial charge in [-0.3, -0.25) is 4.79 Å². The van der Waals surface area contributed by atoms with Gasteiger partial charge in [0, 0.05) is 17.1 Å². The molecule has 0 radical (unpaired) electrons. The Morgan fingerprint density at radius 1 is 1.08 bits per heavy atom. The predicted octanol–water partition coefficient (Wildman–Crippen LogP) is 7.38. The maximum absolute atomic E-state index is 14.2. The van der Waals surface area contributed by atoms with Gasteiger partial charge in [0.05, 0.1) is 5.57 Å². The monoisotopic (exact) mass is 541 g/mol. The number of aromatic nitrogens is 3. The lowest BCUT2D eigenvalue weighted by Gasteiger charge is -2.29. The normalized spacial score (nSPS) is 14.8. The molecule has 5 rings (SSSR count). The van der Waals surface area contributed by atoms with Gasteiger partial charge in [-0.25, -0.2) is 9.07 Å². The molecule has 0 spiro atoms. The third-order valence-electron chi connectivity index (χ3n) is 6.94. The number of fused-ring (bicyclic) bond motifs is 1. The van der Waals surface area contributed by atoms with Gasteiger partial charge in [-0.2, -0.15) is 4.98 Å². The Morgan fingerprint density at radius 2 is 1.82 bits per heavy atom. The van der Waals surface area contributed by atoms with E-state index in [1.807, 2.05) is 45.0 Å². The number of nitrogens with one attached hydrogen (secondary N) is 2. The smallest absolute Gasteiger partial charge is 0.255 e. The highest BCUT2D eigenvalue weighted by molar-refractivity contribution is 7.98. The van der Waals surface area contributed by atoms with Crippen LogP contribution in [0.4, 0.5) is 16.0 Å². The highest BCUT2D eigenvalue weighted by Crippen LogP contribution is 2.37. The van der Waals surface area contributed by atoms with E-state index < -0.39 is 6.04 Å². The molecule has 0 aliphatic carbocycles. The Hall–Kier alpha value is -3.91. The summed E-state index contributed by atoms with van der Waals surface area (Å²) in [6.45, 7) is 10.2. The second kappa shape index (κ2) is 11.1. The molecule has 1 aliphatic rings. The van der Waals surface area contributed by atoms with Crippen molar-refractivity contribution >= 4 is 29.3 Å². The Bertz CT molecular complexity index is 1560. The Labute approximate surface area is 232 Å². The molecule has 1 unspecified atom stereocenters. The number of thioether (sulfide) groups is 1. The molecule has 1 atom stereocenters. The van der Waals surface area contributed by atoms with Crippen LogP contribution in [0.3, 0.4) is 0 Å². The van der Waals surface area contributed by atoms with Crippen molar-refractivity contribution in [2.24, 2.45) is 0 Å². The molecule has 0 saturated heterocycles. The first-order chi connectivity index (χ1) is 18.7. The van der Waals surface area contributed by atoms with E-state index in [-0.39, 0.29) is 11.7 Å². The number of nitrogens with zero attached hydrogens (tertiary/aromatic N) is 3. The number of allylic oxidation sites excluding steroid dienone is 1. The fourth-order valence-corrected chi connectivity index (χ4v) is 5.57. The van der Waals surface area contributed by atoms with Crippen LogP contribution >= 0.6 is 11.8 Å². The molecular formula is C31H32FN5OS. The average Bonchev–Trinajstić information content (AvgIpc) is 3.31. The summed E-state index contributed by atoms with van der Waals surface area (Å²) in [5.41, 5.74) is 6.92. The molecule has 0 fully saturated rings. The number of aryl methyl sites for hydroxylation is 2. The van der Waals surface area contributed by atoms with E-state index in [4.69, 9.17) is 5.10 Å². The van der Waals surface area contributed by atoms with E-state index >= 15 is 0 Å². The molecule has 1 aromatic heterocycles. The zero-order chi connectivity index (χ0) is 27.7. The van der Waals surface area contributed by atoms with E-state index in [9.17, 15) is 9.18 Å². The lowest BCUT2D eigenvalue weighted by Crippen LogP contribution is -2.31. The van der Waals surface area contributed by atoms with E-state index in [1.54, 1.807) is 16.8 Å².